The highest BCUT2D eigenvalue weighted by molar-refractivity contribution is 6.27. The van der Waals surface area contributed by atoms with Crippen molar-refractivity contribution < 1.29 is 14.3 Å². The molecule has 4 rings (SSSR count). The molecule has 3 aromatic rings. The summed E-state index contributed by atoms with van der Waals surface area (Å²) in [5.41, 5.74) is 1.77. The molecule has 22 heavy (non-hydrogen) atoms. The molecule has 0 amide bonds. The third-order valence-electron chi connectivity index (χ3n) is 3.61. The Bertz CT molecular complexity index is 966. The zero-order valence-corrected chi connectivity index (χ0v) is 11.5. The van der Waals surface area contributed by atoms with Crippen molar-refractivity contribution in [2.75, 3.05) is 7.11 Å². The number of hydrogen-bond acceptors (Lipinski definition) is 6. The Balaban J connectivity index is 2.01. The maximum Gasteiger partial charge on any atom is 0.216 e. The summed E-state index contributed by atoms with van der Waals surface area (Å²) >= 11 is 0. The summed E-state index contributed by atoms with van der Waals surface area (Å²) in [5, 5.41) is 0. The van der Waals surface area contributed by atoms with Gasteiger partial charge >= 0.3 is 0 Å². The van der Waals surface area contributed by atoms with E-state index in [1.807, 2.05) is 0 Å². The lowest BCUT2D eigenvalue weighted by atomic mass is 9.91. The molecule has 6 heteroatoms. The van der Waals surface area contributed by atoms with E-state index < -0.39 is 0 Å². The molecule has 0 radical (unpaired) electrons. The largest absolute Gasteiger partial charge is 0.497 e. The van der Waals surface area contributed by atoms with Crippen LogP contribution in [0, 0.1) is 0 Å². The number of hydrogen-bond donors (Lipinski definition) is 0. The van der Waals surface area contributed by atoms with Crippen LogP contribution in [-0.2, 0) is 0 Å². The van der Waals surface area contributed by atoms with Crippen LogP contribution in [0.1, 0.15) is 32.1 Å². The van der Waals surface area contributed by atoms with E-state index in [-0.39, 0.29) is 28.5 Å². The number of pyridine rings is 1. The summed E-state index contributed by atoms with van der Waals surface area (Å²) in [6.07, 6.45) is 2.87. The van der Waals surface area contributed by atoms with Gasteiger partial charge < -0.3 is 4.74 Å². The van der Waals surface area contributed by atoms with E-state index in [0.717, 1.165) is 0 Å². The van der Waals surface area contributed by atoms with E-state index in [2.05, 4.69) is 15.0 Å². The molecule has 0 saturated carbocycles. The first kappa shape index (κ1) is 12.6. The van der Waals surface area contributed by atoms with Crippen molar-refractivity contribution in [2.45, 2.75) is 0 Å². The first-order valence-corrected chi connectivity index (χ1v) is 6.58. The lowest BCUT2D eigenvalue weighted by Crippen LogP contribution is -2.24. The molecule has 0 bridgehead atoms. The van der Waals surface area contributed by atoms with Gasteiger partial charge in [0.2, 0.25) is 11.6 Å². The predicted molar refractivity (Wildman–Crippen MR) is 77.2 cm³/mol. The van der Waals surface area contributed by atoms with Crippen LogP contribution in [0.25, 0.3) is 11.0 Å². The number of nitrogens with zero attached hydrogens (tertiary/aromatic N) is 3. The molecular formula is C16H9N3O3. The van der Waals surface area contributed by atoms with Crippen LogP contribution in [0.15, 0.2) is 36.7 Å². The van der Waals surface area contributed by atoms with E-state index in [1.165, 1.54) is 18.5 Å². The summed E-state index contributed by atoms with van der Waals surface area (Å²) in [7, 11) is 1.55. The van der Waals surface area contributed by atoms with Crippen molar-refractivity contribution in [3.05, 3.63) is 59.2 Å². The smallest absolute Gasteiger partial charge is 0.216 e. The van der Waals surface area contributed by atoms with Gasteiger partial charge in [-0.15, -0.1) is 0 Å². The number of aromatic nitrogens is 3. The van der Waals surface area contributed by atoms with E-state index in [0.29, 0.717) is 22.3 Å². The van der Waals surface area contributed by atoms with Crippen molar-refractivity contribution in [3.63, 3.8) is 0 Å². The molecule has 0 fully saturated rings. The van der Waals surface area contributed by atoms with Crippen molar-refractivity contribution in [2.24, 2.45) is 0 Å². The zero-order valence-electron chi connectivity index (χ0n) is 11.5. The van der Waals surface area contributed by atoms with E-state index >= 15 is 0 Å². The van der Waals surface area contributed by atoms with Gasteiger partial charge in [-0.2, -0.15) is 0 Å². The molecule has 6 nitrogen and oxygen atoms in total. The molecular weight excluding hydrogens is 282 g/mol. The van der Waals surface area contributed by atoms with Crippen LogP contribution < -0.4 is 4.74 Å². The Labute approximate surface area is 124 Å². The van der Waals surface area contributed by atoms with Crippen LogP contribution >= 0.6 is 0 Å². The van der Waals surface area contributed by atoms with Gasteiger partial charge in [0.05, 0.1) is 23.7 Å². The maximum atomic E-state index is 12.5. The topological polar surface area (TPSA) is 82.0 Å². The highest BCUT2D eigenvalue weighted by Crippen LogP contribution is 2.27. The van der Waals surface area contributed by atoms with Crippen LogP contribution in [0.3, 0.4) is 0 Å². The van der Waals surface area contributed by atoms with Crippen molar-refractivity contribution in [1.82, 2.24) is 15.0 Å². The molecule has 1 aliphatic carbocycles. The van der Waals surface area contributed by atoms with E-state index in [4.69, 9.17) is 4.74 Å². The van der Waals surface area contributed by atoms with Gasteiger partial charge in [0.1, 0.15) is 17.1 Å². The Kier molecular flexibility index (Phi) is 2.53. The molecule has 0 aliphatic heterocycles. The second-order valence-electron chi connectivity index (χ2n) is 4.85. The normalized spacial score (nSPS) is 13.0. The minimum atomic E-state index is -0.331. The molecule has 2 aromatic heterocycles. The first-order chi connectivity index (χ1) is 10.7. The highest BCUT2D eigenvalue weighted by Gasteiger charge is 2.32. The number of ketones is 2. The van der Waals surface area contributed by atoms with Crippen LogP contribution in [0.4, 0.5) is 0 Å². The van der Waals surface area contributed by atoms with Crippen LogP contribution in [0.5, 0.6) is 5.75 Å². The molecule has 0 unspecified atom stereocenters. The summed E-state index contributed by atoms with van der Waals surface area (Å²) in [6, 6.07) is 6.64. The highest BCUT2D eigenvalue weighted by atomic mass is 16.5. The van der Waals surface area contributed by atoms with E-state index in [9.17, 15) is 9.59 Å². The average Bonchev–Trinajstić information content (AvgIpc) is 2.58. The van der Waals surface area contributed by atoms with Gasteiger partial charge in [-0.05, 0) is 18.2 Å². The summed E-state index contributed by atoms with van der Waals surface area (Å²) < 4.78 is 5.14. The molecule has 2 heterocycles. The monoisotopic (exact) mass is 291 g/mol. The number of carbonyl (C=O) groups excluding carboxylic acids is 2. The standard InChI is InChI=1S/C16H9N3O3/c1-22-8-2-3-11-12(6-8)19-13-14(18-11)16(21)10-7-17-5-4-9(10)15(13)20/h2-7H,1H3. The maximum absolute atomic E-state index is 12.5. The third-order valence-corrected chi connectivity index (χ3v) is 3.61. The Morgan fingerprint density at radius 2 is 1.64 bits per heavy atom. The van der Waals surface area contributed by atoms with Crippen molar-refractivity contribution >= 4 is 22.6 Å². The van der Waals surface area contributed by atoms with Gasteiger partial charge in [-0.3, -0.25) is 14.6 Å². The number of carbonyl (C=O) groups is 2. The fourth-order valence-electron chi connectivity index (χ4n) is 2.51. The van der Waals surface area contributed by atoms with Gasteiger partial charge in [-0.1, -0.05) is 0 Å². The average molecular weight is 291 g/mol. The minimum absolute atomic E-state index is 0.0724. The number of ether oxygens (including phenoxy) is 1. The number of rotatable bonds is 1. The number of methoxy groups -OCH3 is 1. The summed E-state index contributed by atoms with van der Waals surface area (Å²) in [5.74, 6) is -0.0342. The van der Waals surface area contributed by atoms with Crippen molar-refractivity contribution in [3.8, 4) is 5.75 Å². The zero-order chi connectivity index (χ0) is 15.3. The third kappa shape index (κ3) is 1.64. The lowest BCUT2D eigenvalue weighted by Gasteiger charge is -2.15. The SMILES string of the molecule is COc1ccc2nc3c(nc2c1)C(=O)c1ccncc1C3=O. The quantitative estimate of drug-likeness (QED) is 0.532. The Hall–Kier alpha value is -3.15. The van der Waals surface area contributed by atoms with Crippen LogP contribution in [0.2, 0.25) is 0 Å². The first-order valence-electron chi connectivity index (χ1n) is 6.58. The molecule has 0 atom stereocenters. The predicted octanol–water partition coefficient (Wildman–Crippen LogP) is 1.81. The fraction of sp³-hybridized carbons (Fsp3) is 0.0625. The Morgan fingerprint density at radius 3 is 2.41 bits per heavy atom. The molecule has 1 aromatic carbocycles. The molecule has 0 N–H and O–H groups in total. The van der Waals surface area contributed by atoms with Crippen LogP contribution in [-0.4, -0.2) is 33.6 Å². The van der Waals surface area contributed by atoms with E-state index in [1.54, 1.807) is 25.3 Å². The number of benzene rings is 1. The molecule has 0 saturated heterocycles. The second-order valence-corrected chi connectivity index (χ2v) is 4.85. The van der Waals surface area contributed by atoms with Gasteiger partial charge in [-0.25, -0.2) is 9.97 Å². The van der Waals surface area contributed by atoms with Gasteiger partial charge in [0, 0.05) is 24.0 Å². The molecule has 106 valence electrons. The second kappa shape index (κ2) is 4.42. The number of fused-ring (bicyclic) bond motifs is 3. The summed E-state index contributed by atoms with van der Waals surface area (Å²) in [6.45, 7) is 0. The van der Waals surface area contributed by atoms with Gasteiger partial charge in [0.15, 0.2) is 0 Å². The minimum Gasteiger partial charge on any atom is -0.497 e. The summed E-state index contributed by atoms with van der Waals surface area (Å²) in [4.78, 5) is 37.6. The molecule has 0 spiro atoms. The Morgan fingerprint density at radius 1 is 0.909 bits per heavy atom. The fourth-order valence-corrected chi connectivity index (χ4v) is 2.51. The lowest BCUT2D eigenvalue weighted by molar-refractivity contribution is 0.0972. The van der Waals surface area contributed by atoms with Crippen molar-refractivity contribution in [1.29, 1.82) is 0 Å². The van der Waals surface area contributed by atoms with Gasteiger partial charge in [0.25, 0.3) is 0 Å². The molecule has 1 aliphatic rings.